The number of hydrogen-bond donors (Lipinski definition) is 0. The van der Waals surface area contributed by atoms with Crippen LogP contribution in [0.1, 0.15) is 0 Å². The summed E-state index contributed by atoms with van der Waals surface area (Å²) in [6.07, 6.45) is 3.72. The topological polar surface area (TPSA) is 40.6 Å². The van der Waals surface area contributed by atoms with E-state index in [0.717, 1.165) is 50.6 Å². The van der Waals surface area contributed by atoms with Gasteiger partial charge in [-0.3, -0.25) is 9.97 Å². The van der Waals surface area contributed by atoms with E-state index < -0.39 is 0 Å². The molecule has 5 heterocycles. The lowest BCUT2D eigenvalue weighted by molar-refractivity contribution is 1.16. The average molecular weight is 892 g/mol. The van der Waals surface area contributed by atoms with Crippen LogP contribution in [0, 0.1) is 0 Å². The van der Waals surface area contributed by atoms with Gasteiger partial charge in [-0.15, -0.1) is 0 Å². The number of nitrogens with zero attached hydrogens (tertiary/aromatic N) is 5. The van der Waals surface area contributed by atoms with Crippen LogP contribution >= 0.6 is 0 Å². The number of pyridine rings is 2. The molecule has 0 fully saturated rings. The van der Waals surface area contributed by atoms with E-state index in [-0.39, 0.29) is 6.71 Å². The molecule has 326 valence electrons. The molecule has 70 heavy (non-hydrogen) atoms. The maximum atomic E-state index is 4.72. The molecule has 0 atom stereocenters. The number of fused-ring (bicyclic) bond motifs is 9. The van der Waals surface area contributed by atoms with Crippen LogP contribution in [0.15, 0.2) is 255 Å². The number of hydrogen-bond acceptors (Lipinski definition) is 2. The van der Waals surface area contributed by atoms with Crippen molar-refractivity contribution >= 4 is 88.5 Å². The van der Waals surface area contributed by atoms with Crippen molar-refractivity contribution in [2.24, 2.45) is 0 Å². The number of benzene rings is 9. The molecular weight excluding hydrogens is 850 g/mol. The zero-order valence-corrected chi connectivity index (χ0v) is 38.1. The van der Waals surface area contributed by atoms with Crippen LogP contribution in [-0.4, -0.2) is 30.4 Å². The Bertz CT molecular complexity index is 3940. The van der Waals surface area contributed by atoms with Gasteiger partial charge in [0, 0.05) is 61.8 Å². The van der Waals surface area contributed by atoms with Crippen molar-refractivity contribution in [2.45, 2.75) is 0 Å². The van der Waals surface area contributed by atoms with E-state index in [1.807, 2.05) is 36.7 Å². The Labute approximate surface area is 404 Å². The molecule has 0 spiro atoms. The normalized spacial score (nSPS) is 11.7. The van der Waals surface area contributed by atoms with Gasteiger partial charge in [-0.2, -0.15) is 0 Å². The third-order valence-corrected chi connectivity index (χ3v) is 14.3. The van der Waals surface area contributed by atoms with Gasteiger partial charge >= 0.3 is 0 Å². The first-order chi connectivity index (χ1) is 34.7. The fraction of sp³-hybridized carbons (Fsp3) is 0. The van der Waals surface area contributed by atoms with Crippen molar-refractivity contribution in [3.05, 3.63) is 255 Å². The van der Waals surface area contributed by atoms with Crippen molar-refractivity contribution < 1.29 is 0 Å². The van der Waals surface area contributed by atoms with Gasteiger partial charge in [-0.1, -0.05) is 162 Å². The fourth-order valence-electron chi connectivity index (χ4n) is 11.2. The highest BCUT2D eigenvalue weighted by molar-refractivity contribution is 6.95. The van der Waals surface area contributed by atoms with E-state index in [0.29, 0.717) is 0 Å². The van der Waals surface area contributed by atoms with Crippen LogP contribution in [0.2, 0.25) is 0 Å². The molecule has 0 amide bonds. The van der Waals surface area contributed by atoms with Crippen molar-refractivity contribution in [3.63, 3.8) is 0 Å². The molecule has 0 saturated heterocycles. The van der Waals surface area contributed by atoms with Gasteiger partial charge in [-0.05, 0) is 108 Å². The molecule has 14 aromatic rings. The second-order valence-corrected chi connectivity index (χ2v) is 18.2. The lowest BCUT2D eigenvalue weighted by Gasteiger charge is -2.18. The number of aromatic nitrogens is 5. The minimum absolute atomic E-state index is 0.0536. The monoisotopic (exact) mass is 891 g/mol. The lowest BCUT2D eigenvalue weighted by Crippen LogP contribution is -2.52. The van der Waals surface area contributed by atoms with Crippen LogP contribution in [-0.2, 0) is 0 Å². The third-order valence-electron chi connectivity index (χ3n) is 14.3. The van der Waals surface area contributed by atoms with E-state index in [2.05, 4.69) is 232 Å². The Kier molecular flexibility index (Phi) is 9.24. The highest BCUT2D eigenvalue weighted by atomic mass is 15.0. The molecule has 0 bridgehead atoms. The summed E-state index contributed by atoms with van der Waals surface area (Å²) in [4.78, 5) is 9.44. The molecule has 0 saturated carbocycles. The van der Waals surface area contributed by atoms with Crippen molar-refractivity contribution in [3.8, 4) is 39.6 Å². The van der Waals surface area contributed by atoms with Crippen LogP contribution in [0.25, 0.3) is 105 Å². The summed E-state index contributed by atoms with van der Waals surface area (Å²) in [5.74, 6) is 0. The Morgan fingerprint density at radius 1 is 0.257 bits per heavy atom. The maximum Gasteiger partial charge on any atom is 0.241 e. The maximum absolute atomic E-state index is 4.72. The van der Waals surface area contributed by atoms with Crippen molar-refractivity contribution in [1.29, 1.82) is 0 Å². The molecule has 0 unspecified atom stereocenters. The van der Waals surface area contributed by atoms with Gasteiger partial charge in [0.05, 0.1) is 44.5 Å². The summed E-state index contributed by atoms with van der Waals surface area (Å²) in [6.45, 7) is -0.0536. The van der Waals surface area contributed by atoms with Gasteiger partial charge in [0.15, 0.2) is 0 Å². The Morgan fingerprint density at radius 2 is 0.629 bits per heavy atom. The Morgan fingerprint density at radius 3 is 1.04 bits per heavy atom. The summed E-state index contributed by atoms with van der Waals surface area (Å²) in [7, 11) is 0. The van der Waals surface area contributed by atoms with Crippen LogP contribution in [0.3, 0.4) is 0 Å². The minimum atomic E-state index is -0.0536. The predicted molar refractivity (Wildman–Crippen MR) is 293 cm³/mol. The highest BCUT2D eigenvalue weighted by Crippen LogP contribution is 2.39. The van der Waals surface area contributed by atoms with E-state index >= 15 is 0 Å². The summed E-state index contributed by atoms with van der Waals surface area (Å²) >= 11 is 0. The first kappa shape index (κ1) is 39.9. The SMILES string of the molecule is c1ccc(-c2cccc(B(c3ccc(-n4c5ccc(-n6c7ccccc7c7ccccc76)cc5c5cc(-n6c7ccccc7c7ccccc76)ccc54)cc3)c3cccc(-c4ccccn4)c3)c2)nc1. The van der Waals surface area contributed by atoms with Gasteiger partial charge in [-0.25, -0.2) is 0 Å². The van der Waals surface area contributed by atoms with Crippen LogP contribution < -0.4 is 16.4 Å². The standard InChI is InChI=1S/C64H42BN5/c1-5-25-59-51(19-1)52-20-2-6-26-60(52)69(59)49-33-35-63-55(41-49)56-42-50(70-61-27-7-3-21-53(61)54-22-4-8-28-62(54)70)34-36-64(56)68(63)48-31-29-45(30-32-48)65(46-17-13-15-43(39-46)57-23-9-11-37-66-57)47-18-14-16-44(40-47)58-24-10-12-38-67-58/h1-42H. The molecule has 6 heteroatoms. The molecule has 14 rings (SSSR count). The molecule has 0 radical (unpaired) electrons. The van der Waals surface area contributed by atoms with Gasteiger partial charge in [0.25, 0.3) is 0 Å². The molecule has 9 aromatic carbocycles. The fourth-order valence-corrected chi connectivity index (χ4v) is 11.2. The first-order valence-corrected chi connectivity index (χ1v) is 23.9. The molecule has 0 aliphatic carbocycles. The zero-order chi connectivity index (χ0) is 46.1. The first-order valence-electron chi connectivity index (χ1n) is 23.9. The molecule has 5 aromatic heterocycles. The summed E-state index contributed by atoms with van der Waals surface area (Å²) in [6, 6.07) is 88.1. The highest BCUT2D eigenvalue weighted by Gasteiger charge is 2.25. The van der Waals surface area contributed by atoms with Crippen LogP contribution in [0.5, 0.6) is 0 Å². The molecule has 0 aliphatic heterocycles. The van der Waals surface area contributed by atoms with Gasteiger partial charge in [0.2, 0.25) is 6.71 Å². The van der Waals surface area contributed by atoms with E-state index in [1.54, 1.807) is 0 Å². The number of rotatable bonds is 8. The van der Waals surface area contributed by atoms with E-state index in [4.69, 9.17) is 9.97 Å². The second kappa shape index (κ2) is 16.2. The van der Waals surface area contributed by atoms with Gasteiger partial charge < -0.3 is 13.7 Å². The van der Waals surface area contributed by atoms with Gasteiger partial charge in [0.1, 0.15) is 0 Å². The zero-order valence-electron chi connectivity index (χ0n) is 38.1. The molecular formula is C64H42BN5. The lowest BCUT2D eigenvalue weighted by atomic mass is 9.36. The smallest absolute Gasteiger partial charge is 0.241 e. The van der Waals surface area contributed by atoms with E-state index in [1.165, 1.54) is 70.8 Å². The number of para-hydroxylation sites is 4. The quantitative estimate of drug-likeness (QED) is 0.143. The van der Waals surface area contributed by atoms with Crippen LogP contribution in [0.4, 0.5) is 0 Å². The third kappa shape index (κ3) is 6.41. The second-order valence-electron chi connectivity index (χ2n) is 18.2. The van der Waals surface area contributed by atoms with E-state index in [9.17, 15) is 0 Å². The Hall–Kier alpha value is -9.26. The minimum Gasteiger partial charge on any atom is -0.309 e. The summed E-state index contributed by atoms with van der Waals surface area (Å²) < 4.78 is 7.29. The molecule has 0 aliphatic rings. The molecule has 0 N–H and O–H groups in total. The Balaban J connectivity index is 0.965. The summed E-state index contributed by atoms with van der Waals surface area (Å²) in [5, 5.41) is 7.38. The summed E-state index contributed by atoms with van der Waals surface area (Å²) in [5.41, 5.74) is 18.1. The van der Waals surface area contributed by atoms with Crippen molar-refractivity contribution in [2.75, 3.05) is 0 Å². The average Bonchev–Trinajstić information content (AvgIpc) is 4.07. The predicted octanol–water partition coefficient (Wildman–Crippen LogP) is 13.6. The van der Waals surface area contributed by atoms with Crippen molar-refractivity contribution in [1.82, 2.24) is 23.7 Å². The largest absolute Gasteiger partial charge is 0.309 e. The molecule has 5 nitrogen and oxygen atoms in total.